The zero-order valence-corrected chi connectivity index (χ0v) is 11.8. The Morgan fingerprint density at radius 3 is 2.53 bits per heavy atom. The van der Waals surface area contributed by atoms with Gasteiger partial charge < -0.3 is 15.0 Å². The maximum absolute atomic E-state index is 11.6. The molecule has 102 valence electrons. The molecule has 0 amide bonds. The molecule has 0 aliphatic carbocycles. The summed E-state index contributed by atoms with van der Waals surface area (Å²) < 4.78 is 4.81. The SMILES string of the molecule is CCCCCN(C)CC(NCCC)C(=O)OC. The van der Waals surface area contributed by atoms with E-state index in [-0.39, 0.29) is 12.0 Å². The van der Waals surface area contributed by atoms with E-state index in [1.54, 1.807) is 0 Å². The van der Waals surface area contributed by atoms with Gasteiger partial charge in [0.1, 0.15) is 6.04 Å². The molecule has 0 aromatic carbocycles. The molecule has 0 rings (SSSR count). The summed E-state index contributed by atoms with van der Waals surface area (Å²) in [7, 11) is 3.50. The number of hydrogen-bond acceptors (Lipinski definition) is 4. The van der Waals surface area contributed by atoms with Crippen LogP contribution >= 0.6 is 0 Å². The van der Waals surface area contributed by atoms with E-state index in [1.165, 1.54) is 26.4 Å². The van der Waals surface area contributed by atoms with E-state index >= 15 is 0 Å². The Hall–Kier alpha value is -0.610. The lowest BCUT2D eigenvalue weighted by atomic mass is 10.2. The Bertz CT molecular complexity index is 198. The van der Waals surface area contributed by atoms with Crippen LogP contribution in [0.25, 0.3) is 0 Å². The van der Waals surface area contributed by atoms with Crippen molar-refractivity contribution < 1.29 is 9.53 Å². The first-order valence-corrected chi connectivity index (χ1v) is 6.65. The number of methoxy groups -OCH3 is 1. The smallest absolute Gasteiger partial charge is 0.324 e. The molecule has 0 aromatic rings. The van der Waals surface area contributed by atoms with Crippen molar-refractivity contribution >= 4 is 5.97 Å². The van der Waals surface area contributed by atoms with Gasteiger partial charge in [0.2, 0.25) is 0 Å². The fourth-order valence-electron chi connectivity index (χ4n) is 1.72. The second-order valence-corrected chi connectivity index (χ2v) is 4.50. The Morgan fingerprint density at radius 2 is 2.00 bits per heavy atom. The second kappa shape index (κ2) is 10.5. The highest BCUT2D eigenvalue weighted by Gasteiger charge is 2.19. The molecule has 0 aliphatic heterocycles. The third kappa shape index (κ3) is 8.16. The van der Waals surface area contributed by atoms with Crippen LogP contribution in [0.2, 0.25) is 0 Å². The largest absolute Gasteiger partial charge is 0.468 e. The first-order valence-electron chi connectivity index (χ1n) is 6.65. The lowest BCUT2D eigenvalue weighted by Crippen LogP contribution is -2.46. The third-order valence-corrected chi connectivity index (χ3v) is 2.76. The molecular formula is C13H28N2O2. The molecule has 4 nitrogen and oxygen atoms in total. The normalized spacial score (nSPS) is 12.8. The molecule has 0 fully saturated rings. The number of rotatable bonds is 10. The Labute approximate surface area is 106 Å². The van der Waals surface area contributed by atoms with Gasteiger partial charge in [-0.15, -0.1) is 0 Å². The third-order valence-electron chi connectivity index (χ3n) is 2.76. The molecule has 0 radical (unpaired) electrons. The number of carbonyl (C=O) groups is 1. The summed E-state index contributed by atoms with van der Waals surface area (Å²) in [6.07, 6.45) is 4.68. The fraction of sp³-hybridized carbons (Fsp3) is 0.923. The molecule has 0 aromatic heterocycles. The van der Waals surface area contributed by atoms with Crippen LogP contribution in [0.15, 0.2) is 0 Å². The summed E-state index contributed by atoms with van der Waals surface area (Å²) in [6, 6.07) is -0.202. The van der Waals surface area contributed by atoms with E-state index in [2.05, 4.69) is 31.1 Å². The minimum atomic E-state index is -0.202. The van der Waals surface area contributed by atoms with Gasteiger partial charge in [0.15, 0.2) is 0 Å². The molecule has 1 unspecified atom stereocenters. The minimum absolute atomic E-state index is 0.166. The van der Waals surface area contributed by atoms with Crippen LogP contribution in [0.5, 0.6) is 0 Å². The van der Waals surface area contributed by atoms with Crippen LogP contribution in [0, 0.1) is 0 Å². The summed E-state index contributed by atoms with van der Waals surface area (Å²) in [5.74, 6) is -0.166. The van der Waals surface area contributed by atoms with Crippen LogP contribution in [-0.2, 0) is 9.53 Å². The number of likely N-dealkylation sites (N-methyl/N-ethyl adjacent to an activating group) is 1. The van der Waals surface area contributed by atoms with Crippen LogP contribution in [0.3, 0.4) is 0 Å². The molecular weight excluding hydrogens is 216 g/mol. The maximum atomic E-state index is 11.6. The quantitative estimate of drug-likeness (QED) is 0.469. The van der Waals surface area contributed by atoms with Gasteiger partial charge in [0.05, 0.1) is 7.11 Å². The Morgan fingerprint density at radius 1 is 1.29 bits per heavy atom. The summed E-state index contributed by atoms with van der Waals surface area (Å²) in [4.78, 5) is 13.8. The predicted molar refractivity (Wildman–Crippen MR) is 71.1 cm³/mol. The van der Waals surface area contributed by atoms with Gasteiger partial charge in [-0.2, -0.15) is 0 Å². The van der Waals surface area contributed by atoms with Crippen molar-refractivity contribution in [3.63, 3.8) is 0 Å². The number of esters is 1. The Balaban J connectivity index is 3.98. The lowest BCUT2D eigenvalue weighted by Gasteiger charge is -2.23. The second-order valence-electron chi connectivity index (χ2n) is 4.50. The fourth-order valence-corrected chi connectivity index (χ4v) is 1.72. The van der Waals surface area contributed by atoms with Crippen molar-refractivity contribution in [2.75, 3.05) is 33.8 Å². The standard InChI is InChI=1S/C13H28N2O2/c1-5-7-8-10-15(3)11-12(13(16)17-4)14-9-6-2/h12,14H,5-11H2,1-4H3. The Kier molecular flexibility index (Phi) is 10.2. The van der Waals surface area contributed by atoms with E-state index in [4.69, 9.17) is 4.74 Å². The van der Waals surface area contributed by atoms with Crippen LogP contribution in [0.1, 0.15) is 39.5 Å². The average Bonchev–Trinajstić information content (AvgIpc) is 2.33. The first kappa shape index (κ1) is 16.4. The topological polar surface area (TPSA) is 41.6 Å². The molecule has 4 heteroatoms. The molecule has 0 saturated carbocycles. The number of hydrogen-bond donors (Lipinski definition) is 1. The average molecular weight is 244 g/mol. The van der Waals surface area contributed by atoms with E-state index in [0.717, 1.165) is 26.1 Å². The van der Waals surface area contributed by atoms with Gasteiger partial charge in [-0.3, -0.25) is 4.79 Å². The summed E-state index contributed by atoms with van der Waals surface area (Å²) in [5.41, 5.74) is 0. The molecule has 0 aliphatic rings. The summed E-state index contributed by atoms with van der Waals surface area (Å²) in [6.45, 7) is 6.89. The number of carbonyl (C=O) groups excluding carboxylic acids is 1. The van der Waals surface area contributed by atoms with E-state index in [1.807, 2.05) is 0 Å². The monoisotopic (exact) mass is 244 g/mol. The molecule has 0 bridgehead atoms. The van der Waals surface area contributed by atoms with E-state index in [9.17, 15) is 4.79 Å². The van der Waals surface area contributed by atoms with E-state index < -0.39 is 0 Å². The van der Waals surface area contributed by atoms with Crippen molar-refractivity contribution in [1.29, 1.82) is 0 Å². The van der Waals surface area contributed by atoms with E-state index in [0.29, 0.717) is 0 Å². The van der Waals surface area contributed by atoms with Crippen LogP contribution in [0.4, 0.5) is 0 Å². The molecule has 0 heterocycles. The molecule has 0 spiro atoms. The number of nitrogens with zero attached hydrogens (tertiary/aromatic N) is 1. The van der Waals surface area contributed by atoms with Gasteiger partial charge >= 0.3 is 5.97 Å². The van der Waals surface area contributed by atoms with Crippen molar-refractivity contribution in [2.45, 2.75) is 45.6 Å². The highest BCUT2D eigenvalue weighted by molar-refractivity contribution is 5.75. The number of ether oxygens (including phenoxy) is 1. The van der Waals surface area contributed by atoms with Gasteiger partial charge in [0.25, 0.3) is 0 Å². The van der Waals surface area contributed by atoms with Crippen molar-refractivity contribution in [2.24, 2.45) is 0 Å². The van der Waals surface area contributed by atoms with Gasteiger partial charge in [0, 0.05) is 6.54 Å². The summed E-state index contributed by atoms with van der Waals surface area (Å²) in [5, 5.41) is 3.23. The maximum Gasteiger partial charge on any atom is 0.324 e. The molecule has 1 atom stereocenters. The first-order chi connectivity index (χ1) is 8.15. The molecule has 17 heavy (non-hydrogen) atoms. The van der Waals surface area contributed by atoms with Gasteiger partial charge in [-0.05, 0) is 33.0 Å². The molecule has 1 N–H and O–H groups in total. The van der Waals surface area contributed by atoms with Crippen LogP contribution in [-0.4, -0.2) is 50.7 Å². The highest BCUT2D eigenvalue weighted by Crippen LogP contribution is 1.99. The van der Waals surface area contributed by atoms with Crippen molar-refractivity contribution in [1.82, 2.24) is 10.2 Å². The van der Waals surface area contributed by atoms with Crippen molar-refractivity contribution in [3.8, 4) is 0 Å². The van der Waals surface area contributed by atoms with Crippen molar-refractivity contribution in [3.05, 3.63) is 0 Å². The lowest BCUT2D eigenvalue weighted by molar-refractivity contribution is -0.143. The van der Waals surface area contributed by atoms with Crippen LogP contribution < -0.4 is 5.32 Å². The summed E-state index contributed by atoms with van der Waals surface area (Å²) >= 11 is 0. The predicted octanol–water partition coefficient (Wildman–Crippen LogP) is 1.65. The number of nitrogens with one attached hydrogen (secondary N) is 1. The van der Waals surface area contributed by atoms with Gasteiger partial charge in [-0.25, -0.2) is 0 Å². The molecule has 0 saturated heterocycles. The minimum Gasteiger partial charge on any atom is -0.468 e. The zero-order chi connectivity index (χ0) is 13.1. The zero-order valence-electron chi connectivity index (χ0n) is 11.8. The highest BCUT2D eigenvalue weighted by atomic mass is 16.5. The van der Waals surface area contributed by atoms with Gasteiger partial charge in [-0.1, -0.05) is 26.7 Å². The number of unbranched alkanes of at least 4 members (excludes halogenated alkanes) is 2.